The summed E-state index contributed by atoms with van der Waals surface area (Å²) in [6, 6.07) is 25.0. The van der Waals surface area contributed by atoms with Crippen molar-refractivity contribution in [3.05, 3.63) is 87.8 Å². The number of amides is 4. The second kappa shape index (κ2) is 66.6. The molecule has 0 aromatic heterocycles. The van der Waals surface area contributed by atoms with E-state index in [0.717, 1.165) is 146 Å². The maximum Gasteiger partial charge on any atom is 0.415 e. The first-order valence-electron chi connectivity index (χ1n) is 50.5. The lowest BCUT2D eigenvalue weighted by atomic mass is 9.87. The largest absolute Gasteiger partial charge is 0.489 e. The quantitative estimate of drug-likeness (QED) is 0.0130. The van der Waals surface area contributed by atoms with Gasteiger partial charge in [0.05, 0.1) is 79.8 Å². The first kappa shape index (κ1) is 128. The lowest BCUT2D eigenvalue weighted by Crippen LogP contribution is -2.33. The minimum absolute atomic E-state index is 0.0151. The fourth-order valence-electron chi connectivity index (χ4n) is 14.2. The van der Waals surface area contributed by atoms with E-state index in [1.807, 2.05) is 113 Å². The van der Waals surface area contributed by atoms with Crippen LogP contribution in [0, 0.1) is 102 Å². The molecule has 0 saturated carbocycles. The number of ether oxygens (including phenoxy) is 12. The van der Waals surface area contributed by atoms with Crippen LogP contribution in [-0.4, -0.2) is 185 Å². The molecule has 0 bridgehead atoms. The molecule has 0 aliphatic carbocycles. The van der Waals surface area contributed by atoms with Gasteiger partial charge in [0.25, 0.3) is 0 Å². The Bertz CT molecular complexity index is 5360. The maximum absolute atomic E-state index is 13.1. The molecule has 40 heteroatoms. The number of Topliss-reactive ketones (excluding diaryl/α,β-unsaturated/α-hetero) is 2. The summed E-state index contributed by atoms with van der Waals surface area (Å²) in [4.78, 5) is 137. The minimum Gasteiger partial charge on any atom is -0.489 e. The van der Waals surface area contributed by atoms with E-state index in [0.29, 0.717) is 112 Å². The summed E-state index contributed by atoms with van der Waals surface area (Å²) in [5.74, 6) is 1.56. The van der Waals surface area contributed by atoms with Gasteiger partial charge in [0.2, 0.25) is 0 Å². The number of unbranched alkanes of at least 4 members (excludes halogenated alkanes) is 4. The number of nitrogens with zero attached hydrogens (tertiary/aromatic N) is 10. The molecule has 0 radical (unpaired) electrons. The lowest BCUT2D eigenvalue weighted by molar-refractivity contribution is -0.150. The van der Waals surface area contributed by atoms with Crippen molar-refractivity contribution in [3.8, 4) is 82.4 Å². The topological polar surface area (TPSA) is 437 Å². The third-order valence-electron chi connectivity index (χ3n) is 23.2. The number of fused-ring (bicyclic) bond motifs is 4. The van der Waals surface area contributed by atoms with Gasteiger partial charge in [-0.3, -0.25) is 28.8 Å². The van der Waals surface area contributed by atoms with Gasteiger partial charge in [-0.1, -0.05) is 242 Å². The molecule has 8 rings (SSSR count). The molecular formula is C108H142N10O22S8. The summed E-state index contributed by atoms with van der Waals surface area (Å²) < 4.78 is 70.3. The molecule has 0 fully saturated rings. The molecule has 0 spiro atoms. The molecule has 804 valence electrons. The van der Waals surface area contributed by atoms with Crippen LogP contribution in [0.15, 0.2) is 127 Å². The highest BCUT2D eigenvalue weighted by atomic mass is 32.2. The van der Waals surface area contributed by atoms with Crippen molar-refractivity contribution in [2.24, 2.45) is 34.5 Å². The molecule has 4 amide bonds. The van der Waals surface area contributed by atoms with Gasteiger partial charge in [-0.2, -0.15) is 31.6 Å². The van der Waals surface area contributed by atoms with Crippen molar-refractivity contribution < 1.29 is 105 Å². The summed E-state index contributed by atoms with van der Waals surface area (Å²) >= 11 is 9.77. The van der Waals surface area contributed by atoms with Gasteiger partial charge in [-0.15, -0.1) is 0 Å². The number of rotatable bonds is 50. The molecule has 4 heterocycles. The van der Waals surface area contributed by atoms with Crippen LogP contribution in [0.2, 0.25) is 0 Å². The van der Waals surface area contributed by atoms with Gasteiger partial charge in [0.1, 0.15) is 158 Å². The Balaban J connectivity index is 0.000000350. The SMILES string of the molecule is CCCCC(CC)C(=O)OCCOc1ccc(OCCOC(=O)C(CC)CCCC)c2c1SC(=C(C#N)C#N)S2.CCCCC(CC)C(=O)OCCOc1ccc(OCCOC(=O)C(CC)CCCC)c2c1SC(=C(C#N)C(=O)C(C)(C)C)S2.CCN(CC)C(=O)Oc1ccc(OC(=O)N(CC)CC)c2c1SC(=C(C#N)C#N)S2.CCN(CC)C(=O)Oc1ccc(OC(=O)N(CC)CC)c2c1SC(=C(C#N)C(=O)C(C)(C)C)S2. The Morgan fingerprint density at radius 2 is 0.453 bits per heavy atom. The van der Waals surface area contributed by atoms with Crippen molar-refractivity contribution in [2.75, 3.05) is 105 Å². The van der Waals surface area contributed by atoms with E-state index >= 15 is 0 Å². The van der Waals surface area contributed by atoms with Crippen LogP contribution in [-0.2, 0) is 47.7 Å². The molecule has 32 nitrogen and oxygen atoms in total. The van der Waals surface area contributed by atoms with Crippen molar-refractivity contribution >= 4 is 154 Å². The number of hydrogen-bond donors (Lipinski definition) is 0. The first-order chi connectivity index (χ1) is 70.9. The Labute approximate surface area is 907 Å². The minimum atomic E-state index is -0.746. The maximum atomic E-state index is 13.1. The molecule has 4 atom stereocenters. The first-order valence-corrected chi connectivity index (χ1v) is 57.1. The van der Waals surface area contributed by atoms with Gasteiger partial charge in [-0.05, 0) is 155 Å². The zero-order chi connectivity index (χ0) is 110. The summed E-state index contributed by atoms with van der Waals surface area (Å²) in [5.41, 5.74) is -1.38. The Morgan fingerprint density at radius 3 is 0.615 bits per heavy atom. The monoisotopic (exact) mass is 2190 g/mol. The van der Waals surface area contributed by atoms with Crippen LogP contribution < -0.4 is 37.9 Å². The zero-order valence-corrected chi connectivity index (χ0v) is 95.8. The van der Waals surface area contributed by atoms with Crippen molar-refractivity contribution in [2.45, 2.75) is 294 Å². The van der Waals surface area contributed by atoms with E-state index in [9.17, 15) is 79.5 Å². The van der Waals surface area contributed by atoms with Gasteiger partial charge in [-0.25, -0.2) is 19.2 Å². The van der Waals surface area contributed by atoms with Crippen LogP contribution in [0.3, 0.4) is 0 Å². The Morgan fingerprint density at radius 1 is 0.270 bits per heavy atom. The summed E-state index contributed by atoms with van der Waals surface area (Å²) in [6.45, 7) is 46.8. The molecular weight excluding hydrogens is 2050 g/mol. The molecule has 4 aliphatic heterocycles. The molecule has 0 N–H and O–H groups in total. The standard InChI is InChI=1S/C34H49NO7S2.C30H40N2O6S2.C24H31N3O5S2.C20H22N4O4S2/c1-8-12-14-23(10-3)31(37)41-20-18-39-26-16-17-27(40-19-21-42-32(38)24(11-4)15-13-9-2)29-28(26)43-33(44-29)25(22-35)30(36)34(5,6)7;1-5-9-11-21(7-3)28(33)37-17-15-35-24-13-14-25(27-26(24)39-30(40-27)23(19-31)20-32)36-16-18-38-29(34)22(8-4)12-10-6-2;1-8-26(9-2)22(29)31-16-12-13-17(32-23(30)27(10-3)11-4)19-18(16)33-21(34-19)15(14-25)20(28)24(5,6)7;1-5-23(6-2)19(25)27-14-9-10-15(28-20(26)24(7-3)8-4)17-16(14)29-18(30-17)13(11-21)12-22/h16-17,23-24H,8-15,18-21H2,1-7H3;13-14,21-22H,5-12,15-18H2,1-4H3;12-13H,8-11H2,1-7H3;9-10H,5-8H2,1-4H3. The molecule has 4 unspecified atom stereocenters. The highest BCUT2D eigenvalue weighted by Crippen LogP contribution is 2.63. The van der Waals surface area contributed by atoms with Gasteiger partial charge >= 0.3 is 48.3 Å². The normalized spacial score (nSPS) is 13.0. The number of allylic oxidation sites excluding steroid dienone is 4. The summed E-state index contributed by atoms with van der Waals surface area (Å²) in [7, 11) is 0. The number of hydrogen-bond acceptors (Lipinski definition) is 36. The van der Waals surface area contributed by atoms with Crippen molar-refractivity contribution in [1.82, 2.24) is 19.6 Å². The molecule has 0 saturated heterocycles. The Hall–Kier alpha value is -10.9. The molecule has 4 aromatic rings. The molecule has 4 aliphatic rings. The Kier molecular flexibility index (Phi) is 57.4. The highest BCUT2D eigenvalue weighted by molar-refractivity contribution is 8.26. The number of carbonyl (C=O) groups excluding carboxylic acids is 10. The second-order valence-corrected chi connectivity index (χ2v) is 44.6. The average Bonchev–Trinajstić information content (AvgIpc) is 1.63. The smallest absolute Gasteiger partial charge is 0.415 e. The van der Waals surface area contributed by atoms with E-state index in [1.54, 1.807) is 90.1 Å². The summed E-state index contributed by atoms with van der Waals surface area (Å²) in [5, 5.41) is 56.9. The highest BCUT2D eigenvalue weighted by Gasteiger charge is 2.40. The third-order valence-corrected chi connectivity index (χ3v) is 33.7. The average molecular weight is 2190 g/mol. The number of esters is 4. The predicted molar refractivity (Wildman–Crippen MR) is 578 cm³/mol. The number of ketones is 2. The van der Waals surface area contributed by atoms with Crippen LogP contribution in [0.25, 0.3) is 0 Å². The fraction of sp³-hybridized carbons (Fsp3) is 0.556. The lowest BCUT2D eigenvalue weighted by Gasteiger charge is -2.20. The van der Waals surface area contributed by atoms with Crippen molar-refractivity contribution in [1.29, 1.82) is 31.6 Å². The van der Waals surface area contributed by atoms with E-state index in [2.05, 4.69) is 33.8 Å². The predicted octanol–water partition coefficient (Wildman–Crippen LogP) is 26.7. The van der Waals surface area contributed by atoms with Crippen LogP contribution in [0.5, 0.6) is 46.0 Å². The zero-order valence-electron chi connectivity index (χ0n) is 89.3. The van der Waals surface area contributed by atoms with Crippen LogP contribution in [0.4, 0.5) is 19.2 Å². The van der Waals surface area contributed by atoms with E-state index in [-0.39, 0.29) is 157 Å². The van der Waals surface area contributed by atoms with E-state index in [1.165, 1.54) is 90.2 Å². The van der Waals surface area contributed by atoms with E-state index < -0.39 is 35.2 Å². The molecule has 4 aromatic carbocycles. The fourth-order valence-corrected chi connectivity index (χ4v) is 24.4. The molecule has 148 heavy (non-hydrogen) atoms. The van der Waals surface area contributed by atoms with E-state index in [4.69, 9.17) is 56.8 Å². The number of benzene rings is 4. The van der Waals surface area contributed by atoms with Gasteiger partial charge in [0.15, 0.2) is 11.6 Å². The number of nitriles is 6. The van der Waals surface area contributed by atoms with Gasteiger partial charge < -0.3 is 76.4 Å². The van der Waals surface area contributed by atoms with Gasteiger partial charge in [0, 0.05) is 63.2 Å². The summed E-state index contributed by atoms with van der Waals surface area (Å²) in [6.07, 6.45) is 12.3. The van der Waals surface area contributed by atoms with Crippen LogP contribution >= 0.6 is 94.1 Å². The second-order valence-electron chi connectivity index (χ2n) is 35.4. The number of carbonyl (C=O) groups is 10. The van der Waals surface area contributed by atoms with Crippen LogP contribution in [0.1, 0.15) is 255 Å². The van der Waals surface area contributed by atoms with Crippen molar-refractivity contribution in [3.63, 3.8) is 0 Å². The number of thioether (sulfide) groups is 8. The third kappa shape index (κ3) is 37.9.